The van der Waals surface area contributed by atoms with Crippen molar-refractivity contribution in [3.05, 3.63) is 0 Å². The number of amides is 1. The van der Waals surface area contributed by atoms with Crippen molar-refractivity contribution in [1.82, 2.24) is 5.32 Å². The van der Waals surface area contributed by atoms with Crippen LogP contribution in [0.1, 0.15) is 34.1 Å². The molecule has 0 fully saturated rings. The molecule has 1 N–H and O–H groups in total. The molecule has 1 amide bonds. The second-order valence-electron chi connectivity index (χ2n) is 6.66. The first-order valence-corrected chi connectivity index (χ1v) is 10.9. The second kappa shape index (κ2) is 8.97. The normalized spacial score (nSPS) is 15.6. The van der Waals surface area contributed by atoms with E-state index in [-0.39, 0.29) is 25.6 Å². The minimum atomic E-state index is -3.68. The van der Waals surface area contributed by atoms with Gasteiger partial charge in [-0.3, -0.25) is 8.37 Å². The Bertz CT molecular complexity index is 606. The van der Waals surface area contributed by atoms with E-state index in [1.807, 2.05) is 0 Å². The Labute approximate surface area is 144 Å². The first-order chi connectivity index (χ1) is 10.6. The van der Waals surface area contributed by atoms with Gasteiger partial charge in [0.2, 0.25) is 0 Å². The molecule has 0 unspecified atom stereocenters. The highest BCUT2D eigenvalue weighted by Crippen LogP contribution is 2.12. The van der Waals surface area contributed by atoms with Crippen molar-refractivity contribution in [3.8, 4) is 0 Å². The van der Waals surface area contributed by atoms with Crippen molar-refractivity contribution in [2.45, 2.75) is 45.8 Å². The van der Waals surface area contributed by atoms with Crippen LogP contribution in [-0.4, -0.2) is 60.3 Å². The molecule has 0 aromatic heterocycles. The van der Waals surface area contributed by atoms with Gasteiger partial charge in [-0.15, -0.1) is 0 Å². The van der Waals surface area contributed by atoms with Crippen LogP contribution >= 0.6 is 0 Å². The van der Waals surface area contributed by atoms with E-state index in [0.717, 1.165) is 12.5 Å². The van der Waals surface area contributed by atoms with E-state index in [4.69, 9.17) is 13.1 Å². The maximum absolute atomic E-state index is 11.8. The van der Waals surface area contributed by atoms with E-state index in [2.05, 4.69) is 5.32 Å². The summed E-state index contributed by atoms with van der Waals surface area (Å²) in [6.45, 7) is 6.40. The number of hydrogen-bond acceptors (Lipinski definition) is 8. The van der Waals surface area contributed by atoms with E-state index in [0.29, 0.717) is 0 Å². The lowest BCUT2D eigenvalue weighted by Crippen LogP contribution is -2.43. The number of carbonyl (C=O) groups is 1. The fraction of sp³-hybridized carbons (Fsp3) is 0.923. The maximum Gasteiger partial charge on any atom is 0.407 e. The van der Waals surface area contributed by atoms with Crippen molar-refractivity contribution in [2.75, 3.05) is 25.7 Å². The molecule has 0 aliphatic rings. The summed E-state index contributed by atoms with van der Waals surface area (Å²) < 4.78 is 58.8. The van der Waals surface area contributed by atoms with Crippen LogP contribution in [0.3, 0.4) is 0 Å². The van der Waals surface area contributed by atoms with Gasteiger partial charge < -0.3 is 10.1 Å². The Morgan fingerprint density at radius 1 is 1.00 bits per heavy atom. The highest BCUT2D eigenvalue weighted by molar-refractivity contribution is 7.86. The molecule has 2 atom stereocenters. The summed E-state index contributed by atoms with van der Waals surface area (Å²) >= 11 is 0. The van der Waals surface area contributed by atoms with Crippen LogP contribution in [0.2, 0.25) is 0 Å². The third-order valence-corrected chi connectivity index (χ3v) is 3.59. The first-order valence-electron chi connectivity index (χ1n) is 7.26. The first kappa shape index (κ1) is 23.1. The molecule has 0 aliphatic carbocycles. The molecule has 0 rings (SSSR count). The van der Waals surface area contributed by atoms with Gasteiger partial charge in [-0.1, -0.05) is 6.92 Å². The predicted molar refractivity (Wildman–Crippen MR) is 88.5 cm³/mol. The van der Waals surface area contributed by atoms with Crippen LogP contribution < -0.4 is 5.32 Å². The smallest absolute Gasteiger partial charge is 0.407 e. The molecule has 0 saturated carbocycles. The molecule has 0 spiro atoms. The summed E-state index contributed by atoms with van der Waals surface area (Å²) in [6, 6.07) is -0.687. The number of rotatable bonds is 9. The van der Waals surface area contributed by atoms with Gasteiger partial charge in [-0.25, -0.2) is 4.79 Å². The molecule has 0 aromatic carbocycles. The highest BCUT2D eigenvalue weighted by atomic mass is 32.2. The Morgan fingerprint density at radius 2 is 1.46 bits per heavy atom. The van der Waals surface area contributed by atoms with Crippen molar-refractivity contribution >= 4 is 26.3 Å². The van der Waals surface area contributed by atoms with Crippen LogP contribution in [0.4, 0.5) is 4.79 Å². The largest absolute Gasteiger partial charge is 0.444 e. The fourth-order valence-electron chi connectivity index (χ4n) is 1.64. The third kappa shape index (κ3) is 14.7. The minimum Gasteiger partial charge on any atom is -0.444 e. The molecule has 24 heavy (non-hydrogen) atoms. The number of carbonyl (C=O) groups excluding carboxylic acids is 1. The summed E-state index contributed by atoms with van der Waals surface area (Å²) in [5, 5.41) is 2.52. The zero-order chi connectivity index (χ0) is 19.2. The van der Waals surface area contributed by atoms with E-state index in [1.165, 1.54) is 0 Å². The van der Waals surface area contributed by atoms with Gasteiger partial charge in [0.05, 0.1) is 31.8 Å². The number of nitrogens with one attached hydrogen (secondary N) is 1. The van der Waals surface area contributed by atoms with Crippen molar-refractivity contribution in [3.63, 3.8) is 0 Å². The molecule has 0 bridgehead atoms. The summed E-state index contributed by atoms with van der Waals surface area (Å²) in [5.41, 5.74) is -0.711. The molecule has 9 nitrogen and oxygen atoms in total. The standard InChI is InChI=1S/C13H27NO8S2/c1-10(8-20-23(5,16)17)7-11(9-21-24(6,18)19)14-12(15)22-13(2,3)4/h10-11H,7-9H2,1-6H3,(H,14,15)/t10-,11-/m0/s1. The van der Waals surface area contributed by atoms with Crippen molar-refractivity contribution in [2.24, 2.45) is 5.92 Å². The molecule has 0 aliphatic heterocycles. The predicted octanol–water partition coefficient (Wildman–Crippen LogP) is 0.858. The Morgan fingerprint density at radius 3 is 1.88 bits per heavy atom. The van der Waals surface area contributed by atoms with Gasteiger partial charge in [-0.2, -0.15) is 16.8 Å². The van der Waals surface area contributed by atoms with E-state index in [1.54, 1.807) is 27.7 Å². The quantitative estimate of drug-likeness (QED) is 0.576. The summed E-state index contributed by atoms with van der Waals surface area (Å²) in [7, 11) is -7.26. The van der Waals surface area contributed by atoms with Gasteiger partial charge in [0.25, 0.3) is 20.2 Å². The van der Waals surface area contributed by atoms with Crippen LogP contribution in [0.15, 0.2) is 0 Å². The van der Waals surface area contributed by atoms with Gasteiger partial charge in [0.15, 0.2) is 0 Å². The summed E-state index contributed by atoms with van der Waals surface area (Å²) in [6.07, 6.45) is 1.35. The van der Waals surface area contributed by atoms with Gasteiger partial charge >= 0.3 is 6.09 Å². The monoisotopic (exact) mass is 389 g/mol. The Balaban J connectivity index is 4.76. The number of hydrogen-bond donors (Lipinski definition) is 1. The van der Waals surface area contributed by atoms with E-state index in [9.17, 15) is 21.6 Å². The lowest BCUT2D eigenvalue weighted by atomic mass is 10.0. The highest BCUT2D eigenvalue weighted by Gasteiger charge is 2.23. The Kier molecular flexibility index (Phi) is 8.63. The SMILES string of the molecule is C[C@H](COS(C)(=O)=O)C[C@@H](COS(C)(=O)=O)NC(=O)OC(C)(C)C. The van der Waals surface area contributed by atoms with Gasteiger partial charge in [-0.05, 0) is 33.1 Å². The maximum atomic E-state index is 11.8. The molecule has 0 aromatic rings. The Hall–Kier alpha value is -0.910. The van der Waals surface area contributed by atoms with Crippen molar-refractivity contribution in [1.29, 1.82) is 0 Å². The van der Waals surface area contributed by atoms with Crippen LogP contribution in [0.25, 0.3) is 0 Å². The van der Waals surface area contributed by atoms with Crippen LogP contribution in [0, 0.1) is 5.92 Å². The summed E-state index contributed by atoms with van der Waals surface area (Å²) in [4.78, 5) is 11.8. The zero-order valence-corrected chi connectivity index (χ0v) is 16.5. The molecule has 11 heteroatoms. The third-order valence-electron chi connectivity index (χ3n) is 2.46. The summed E-state index contributed by atoms with van der Waals surface area (Å²) in [5.74, 6) is -0.275. The molecule has 144 valence electrons. The molecule has 0 heterocycles. The average Bonchev–Trinajstić information content (AvgIpc) is 2.29. The fourth-order valence-corrected chi connectivity index (χ4v) is 2.53. The van der Waals surface area contributed by atoms with Gasteiger partial charge in [0.1, 0.15) is 5.60 Å². The zero-order valence-electron chi connectivity index (χ0n) is 14.9. The molecular weight excluding hydrogens is 362 g/mol. The average molecular weight is 389 g/mol. The van der Waals surface area contributed by atoms with Crippen LogP contribution in [0.5, 0.6) is 0 Å². The topological polar surface area (TPSA) is 125 Å². The molecule has 0 saturated heterocycles. The minimum absolute atomic E-state index is 0.0930. The van der Waals surface area contributed by atoms with E-state index >= 15 is 0 Å². The molecular formula is C13H27NO8S2. The van der Waals surface area contributed by atoms with Crippen molar-refractivity contribution < 1.29 is 34.7 Å². The lowest BCUT2D eigenvalue weighted by Gasteiger charge is -2.25. The lowest BCUT2D eigenvalue weighted by molar-refractivity contribution is 0.0476. The molecule has 0 radical (unpaired) electrons. The van der Waals surface area contributed by atoms with Crippen LogP contribution in [-0.2, 0) is 33.3 Å². The second-order valence-corrected chi connectivity index (χ2v) is 9.95. The number of ether oxygens (including phenoxy) is 1. The van der Waals surface area contributed by atoms with Gasteiger partial charge in [0, 0.05) is 0 Å². The number of alkyl carbamates (subject to hydrolysis) is 1. The van der Waals surface area contributed by atoms with E-state index < -0.39 is 38.0 Å².